The summed E-state index contributed by atoms with van der Waals surface area (Å²) < 4.78 is 0. The number of amides is 1. The molecule has 0 radical (unpaired) electrons. The molecule has 1 aliphatic rings. The van der Waals surface area contributed by atoms with E-state index in [2.05, 4.69) is 5.32 Å². The number of carbonyl (C=O) groups is 1. The quantitative estimate of drug-likeness (QED) is 0.681. The molecule has 1 amide bonds. The van der Waals surface area contributed by atoms with Gasteiger partial charge in [0, 0.05) is 38.1 Å². The van der Waals surface area contributed by atoms with Crippen molar-refractivity contribution >= 4 is 5.91 Å². The van der Waals surface area contributed by atoms with Crippen molar-refractivity contribution in [1.29, 1.82) is 0 Å². The van der Waals surface area contributed by atoms with E-state index in [-0.39, 0.29) is 18.4 Å². The molecule has 0 spiro atoms. The van der Waals surface area contributed by atoms with Gasteiger partial charge in [-0.3, -0.25) is 4.79 Å². The maximum Gasteiger partial charge on any atom is 0.226 e. The summed E-state index contributed by atoms with van der Waals surface area (Å²) in [5, 5.41) is 12.2. The van der Waals surface area contributed by atoms with Gasteiger partial charge >= 0.3 is 0 Å². The second kappa shape index (κ2) is 6.08. The molecule has 0 bridgehead atoms. The van der Waals surface area contributed by atoms with Crippen LogP contribution in [0.4, 0.5) is 0 Å². The van der Waals surface area contributed by atoms with Crippen LogP contribution in [0.2, 0.25) is 0 Å². The fourth-order valence-corrected chi connectivity index (χ4v) is 1.94. The number of likely N-dealkylation sites (tertiary alicyclic amines) is 1. The lowest BCUT2D eigenvalue weighted by Crippen LogP contribution is -2.38. The lowest BCUT2D eigenvalue weighted by atomic mass is 10.1. The lowest BCUT2D eigenvalue weighted by molar-refractivity contribution is -0.133. The molecule has 88 valence electrons. The number of carbonyl (C=O) groups excluding carboxylic acids is 1. The Labute approximate surface area is 91.6 Å². The van der Waals surface area contributed by atoms with Gasteiger partial charge in [-0.25, -0.2) is 0 Å². The molecule has 2 N–H and O–H groups in total. The van der Waals surface area contributed by atoms with Gasteiger partial charge in [0.1, 0.15) is 0 Å². The Morgan fingerprint density at radius 3 is 2.93 bits per heavy atom. The van der Waals surface area contributed by atoms with E-state index in [1.807, 2.05) is 18.7 Å². The first-order chi connectivity index (χ1) is 7.19. The van der Waals surface area contributed by atoms with Gasteiger partial charge in [0.25, 0.3) is 0 Å². The molecule has 1 saturated heterocycles. The molecule has 0 aliphatic carbocycles. The summed E-state index contributed by atoms with van der Waals surface area (Å²) in [4.78, 5) is 13.8. The Balaban J connectivity index is 2.33. The number of hydrogen-bond acceptors (Lipinski definition) is 3. The fourth-order valence-electron chi connectivity index (χ4n) is 1.94. The Morgan fingerprint density at radius 1 is 1.67 bits per heavy atom. The third kappa shape index (κ3) is 3.47. The first kappa shape index (κ1) is 12.5. The summed E-state index contributed by atoms with van der Waals surface area (Å²) in [6, 6.07) is 0. The minimum absolute atomic E-state index is 0.0439. The molecule has 4 nitrogen and oxygen atoms in total. The highest BCUT2D eigenvalue weighted by Gasteiger charge is 2.28. The highest BCUT2D eigenvalue weighted by atomic mass is 16.3. The average Bonchev–Trinajstić information content (AvgIpc) is 2.73. The Kier molecular flexibility index (Phi) is 5.05. The third-order valence-electron chi connectivity index (χ3n) is 2.98. The summed E-state index contributed by atoms with van der Waals surface area (Å²) >= 11 is 0. The Bertz CT molecular complexity index is 209. The number of rotatable bonds is 5. The zero-order valence-electron chi connectivity index (χ0n) is 9.70. The van der Waals surface area contributed by atoms with E-state index < -0.39 is 0 Å². The Morgan fingerprint density at radius 2 is 2.40 bits per heavy atom. The van der Waals surface area contributed by atoms with E-state index in [1.165, 1.54) is 0 Å². The van der Waals surface area contributed by atoms with Crippen LogP contribution < -0.4 is 5.32 Å². The van der Waals surface area contributed by atoms with E-state index in [4.69, 9.17) is 5.11 Å². The van der Waals surface area contributed by atoms with Gasteiger partial charge in [0.15, 0.2) is 0 Å². The molecule has 0 aromatic carbocycles. The molecule has 1 rings (SSSR count). The van der Waals surface area contributed by atoms with Gasteiger partial charge in [0.2, 0.25) is 5.91 Å². The molecule has 2 unspecified atom stereocenters. The number of nitrogens with zero attached hydrogens (tertiary/aromatic N) is 1. The van der Waals surface area contributed by atoms with Crippen molar-refractivity contribution in [2.24, 2.45) is 11.8 Å². The van der Waals surface area contributed by atoms with Crippen LogP contribution >= 0.6 is 0 Å². The van der Waals surface area contributed by atoms with Crippen molar-refractivity contribution in [3.63, 3.8) is 0 Å². The van der Waals surface area contributed by atoms with E-state index in [9.17, 15) is 4.79 Å². The number of hydrogen-bond donors (Lipinski definition) is 2. The maximum atomic E-state index is 11.9. The molecule has 15 heavy (non-hydrogen) atoms. The lowest BCUT2D eigenvalue weighted by Gasteiger charge is -2.20. The molecule has 0 aromatic rings. The van der Waals surface area contributed by atoms with Crippen molar-refractivity contribution < 1.29 is 9.90 Å². The minimum atomic E-state index is 0.0439. The van der Waals surface area contributed by atoms with E-state index >= 15 is 0 Å². The van der Waals surface area contributed by atoms with Crippen molar-refractivity contribution in [3.8, 4) is 0 Å². The van der Waals surface area contributed by atoms with Crippen LogP contribution in [-0.4, -0.2) is 48.7 Å². The average molecular weight is 214 g/mol. The van der Waals surface area contributed by atoms with E-state index in [0.717, 1.165) is 32.6 Å². The smallest absolute Gasteiger partial charge is 0.226 e. The van der Waals surface area contributed by atoms with Crippen molar-refractivity contribution in [1.82, 2.24) is 10.2 Å². The highest BCUT2D eigenvalue weighted by Crippen LogP contribution is 2.17. The fraction of sp³-hybridized carbons (Fsp3) is 0.909. The summed E-state index contributed by atoms with van der Waals surface area (Å²) in [5.41, 5.74) is 0. The normalized spacial score (nSPS) is 23.1. The van der Waals surface area contributed by atoms with Crippen molar-refractivity contribution in [2.45, 2.75) is 20.3 Å². The summed E-state index contributed by atoms with van der Waals surface area (Å²) in [6.45, 7) is 7.37. The molecule has 2 atom stereocenters. The van der Waals surface area contributed by atoms with Gasteiger partial charge in [-0.1, -0.05) is 13.8 Å². The highest BCUT2D eigenvalue weighted by molar-refractivity contribution is 5.79. The van der Waals surface area contributed by atoms with Crippen LogP contribution in [0.1, 0.15) is 20.3 Å². The molecule has 0 aromatic heterocycles. The van der Waals surface area contributed by atoms with Crippen LogP contribution in [0.15, 0.2) is 0 Å². The molecule has 1 aliphatic heterocycles. The second-order valence-corrected chi connectivity index (χ2v) is 4.33. The van der Waals surface area contributed by atoms with Crippen molar-refractivity contribution in [3.05, 3.63) is 0 Å². The first-order valence-corrected chi connectivity index (χ1v) is 5.79. The molecular weight excluding hydrogens is 192 g/mol. The van der Waals surface area contributed by atoms with Crippen LogP contribution in [0.25, 0.3) is 0 Å². The van der Waals surface area contributed by atoms with Crippen LogP contribution in [0, 0.1) is 11.8 Å². The topological polar surface area (TPSA) is 52.6 Å². The zero-order valence-corrected chi connectivity index (χ0v) is 9.70. The number of aliphatic hydroxyl groups is 1. The Hall–Kier alpha value is -0.610. The van der Waals surface area contributed by atoms with Gasteiger partial charge in [-0.2, -0.15) is 0 Å². The van der Waals surface area contributed by atoms with Gasteiger partial charge < -0.3 is 15.3 Å². The molecular formula is C11H22N2O2. The largest absolute Gasteiger partial charge is 0.396 e. The molecule has 0 saturated carbocycles. The van der Waals surface area contributed by atoms with Crippen LogP contribution in [0.5, 0.6) is 0 Å². The monoisotopic (exact) mass is 214 g/mol. The SMILES string of the molecule is CCNCC(C)C(=O)N1CCC(CO)C1. The minimum Gasteiger partial charge on any atom is -0.396 e. The number of nitrogens with one attached hydrogen (secondary N) is 1. The maximum absolute atomic E-state index is 11.9. The van der Waals surface area contributed by atoms with Gasteiger partial charge in [-0.15, -0.1) is 0 Å². The summed E-state index contributed by atoms with van der Waals surface area (Å²) in [5.74, 6) is 0.551. The number of aliphatic hydroxyl groups excluding tert-OH is 1. The predicted octanol–water partition coefficient (Wildman–Crippen LogP) is 0.0728. The summed E-state index contributed by atoms with van der Waals surface area (Å²) in [6.07, 6.45) is 0.941. The van der Waals surface area contributed by atoms with Gasteiger partial charge in [-0.05, 0) is 13.0 Å². The van der Waals surface area contributed by atoms with E-state index in [0.29, 0.717) is 5.92 Å². The molecule has 1 heterocycles. The standard InChI is InChI=1S/C11H22N2O2/c1-3-12-6-9(2)11(15)13-5-4-10(7-13)8-14/h9-10,12,14H,3-8H2,1-2H3. The summed E-state index contributed by atoms with van der Waals surface area (Å²) in [7, 11) is 0. The van der Waals surface area contributed by atoms with E-state index in [1.54, 1.807) is 0 Å². The second-order valence-electron chi connectivity index (χ2n) is 4.33. The van der Waals surface area contributed by atoms with Crippen molar-refractivity contribution in [2.75, 3.05) is 32.8 Å². The van der Waals surface area contributed by atoms with Crippen LogP contribution in [-0.2, 0) is 4.79 Å². The molecule has 4 heteroatoms. The van der Waals surface area contributed by atoms with Gasteiger partial charge in [0.05, 0.1) is 0 Å². The zero-order chi connectivity index (χ0) is 11.3. The van der Waals surface area contributed by atoms with Crippen LogP contribution in [0.3, 0.4) is 0 Å². The first-order valence-electron chi connectivity index (χ1n) is 5.79. The molecule has 1 fully saturated rings. The third-order valence-corrected chi connectivity index (χ3v) is 2.98. The predicted molar refractivity (Wildman–Crippen MR) is 59.5 cm³/mol.